The molecule has 0 aromatic heterocycles. The molecular formula is C16H31IN4O2. The number of hydrogen-bond donors (Lipinski definition) is 2. The molecule has 1 heterocycles. The topological polar surface area (TPSA) is 66.0 Å². The van der Waals surface area contributed by atoms with Gasteiger partial charge in [-0.3, -0.25) is 4.99 Å². The number of nitrogens with zero attached hydrogens (tertiary/aromatic N) is 2. The first-order valence-corrected chi connectivity index (χ1v) is 8.34. The van der Waals surface area contributed by atoms with Gasteiger partial charge < -0.3 is 20.3 Å². The molecule has 1 aliphatic heterocycles. The van der Waals surface area contributed by atoms with Crippen LogP contribution in [-0.2, 0) is 4.74 Å². The highest BCUT2D eigenvalue weighted by Gasteiger charge is 2.35. The van der Waals surface area contributed by atoms with Crippen molar-refractivity contribution >= 4 is 36.0 Å². The Bertz CT molecular complexity index is 436. The van der Waals surface area contributed by atoms with E-state index >= 15 is 0 Å². The van der Waals surface area contributed by atoms with Crippen LogP contribution < -0.4 is 10.6 Å². The highest BCUT2D eigenvalue weighted by atomic mass is 127. The molecule has 6 nitrogen and oxygen atoms in total. The van der Waals surface area contributed by atoms with E-state index in [1.807, 2.05) is 27.7 Å². The van der Waals surface area contributed by atoms with Crippen LogP contribution in [0.5, 0.6) is 0 Å². The zero-order valence-corrected chi connectivity index (χ0v) is 17.2. The Morgan fingerprint density at radius 1 is 1.35 bits per heavy atom. The Labute approximate surface area is 156 Å². The average molecular weight is 438 g/mol. The molecule has 0 aromatic carbocycles. The number of carbonyl (C=O) groups is 1. The summed E-state index contributed by atoms with van der Waals surface area (Å²) in [7, 11) is 0. The first kappa shape index (κ1) is 20.3. The molecule has 0 aromatic rings. The monoisotopic (exact) mass is 438 g/mol. The summed E-state index contributed by atoms with van der Waals surface area (Å²) in [4.78, 5) is 18.7. The summed E-state index contributed by atoms with van der Waals surface area (Å²) in [5.74, 6) is 1.71. The molecule has 2 rings (SSSR count). The van der Waals surface area contributed by atoms with Crippen molar-refractivity contribution in [2.24, 2.45) is 10.9 Å². The van der Waals surface area contributed by atoms with E-state index in [0.717, 1.165) is 37.9 Å². The van der Waals surface area contributed by atoms with Crippen LogP contribution in [0.3, 0.4) is 0 Å². The van der Waals surface area contributed by atoms with Crippen LogP contribution in [0.4, 0.5) is 4.79 Å². The number of guanidine groups is 1. The second-order valence-corrected chi connectivity index (χ2v) is 7.34. The first-order chi connectivity index (χ1) is 10.3. The van der Waals surface area contributed by atoms with Crippen molar-refractivity contribution < 1.29 is 9.53 Å². The summed E-state index contributed by atoms with van der Waals surface area (Å²) in [6.45, 7) is 12.4. The number of nitrogens with one attached hydrogen (secondary N) is 2. The van der Waals surface area contributed by atoms with Crippen molar-refractivity contribution in [2.75, 3.05) is 19.6 Å². The van der Waals surface area contributed by atoms with Crippen LogP contribution >= 0.6 is 24.0 Å². The molecule has 2 aliphatic rings. The normalized spacial score (nSPS) is 27.3. The molecule has 7 heteroatoms. The summed E-state index contributed by atoms with van der Waals surface area (Å²) < 4.78 is 5.32. The first-order valence-electron chi connectivity index (χ1n) is 8.34. The van der Waals surface area contributed by atoms with Crippen molar-refractivity contribution in [3.8, 4) is 0 Å². The summed E-state index contributed by atoms with van der Waals surface area (Å²) in [6, 6.07) is 0.679. The number of halogens is 1. The van der Waals surface area contributed by atoms with Crippen LogP contribution in [0.1, 0.15) is 47.5 Å². The van der Waals surface area contributed by atoms with Crippen molar-refractivity contribution in [3.63, 3.8) is 0 Å². The standard InChI is InChI=1S/C16H30N4O2.HI/c1-6-17-14(19-13-9-11(13)2)20-8-7-12(10-20)18-15(21)22-16(3,4)5;/h11-13H,6-10H2,1-5H3,(H,17,19)(H,18,21);1H. The fourth-order valence-corrected chi connectivity index (χ4v) is 2.62. The number of hydrogen-bond acceptors (Lipinski definition) is 3. The Balaban J connectivity index is 0.00000264. The maximum atomic E-state index is 11.8. The molecular weight excluding hydrogens is 407 g/mol. The van der Waals surface area contributed by atoms with Gasteiger partial charge in [-0.15, -0.1) is 24.0 Å². The SMILES string of the molecule is CCN=C(NC1CC1C)N1CCC(NC(=O)OC(C)(C)C)C1.I. The van der Waals surface area contributed by atoms with Gasteiger partial charge in [-0.2, -0.15) is 0 Å². The van der Waals surface area contributed by atoms with Crippen LogP contribution in [0.2, 0.25) is 0 Å². The quantitative estimate of drug-likeness (QED) is 0.404. The molecule has 2 fully saturated rings. The molecule has 2 N–H and O–H groups in total. The minimum Gasteiger partial charge on any atom is -0.444 e. The molecule has 3 atom stereocenters. The van der Waals surface area contributed by atoms with Gasteiger partial charge in [0.2, 0.25) is 0 Å². The number of amides is 1. The molecule has 0 bridgehead atoms. The summed E-state index contributed by atoms with van der Waals surface area (Å²) >= 11 is 0. The number of likely N-dealkylation sites (tertiary alicyclic amines) is 1. The summed E-state index contributed by atoms with van der Waals surface area (Å²) in [5.41, 5.74) is -0.457. The Morgan fingerprint density at radius 3 is 2.52 bits per heavy atom. The highest BCUT2D eigenvalue weighted by molar-refractivity contribution is 14.0. The molecule has 3 unspecified atom stereocenters. The fraction of sp³-hybridized carbons (Fsp3) is 0.875. The van der Waals surface area contributed by atoms with Gasteiger partial charge >= 0.3 is 6.09 Å². The lowest BCUT2D eigenvalue weighted by Crippen LogP contribution is -2.45. The van der Waals surface area contributed by atoms with Crippen molar-refractivity contribution in [3.05, 3.63) is 0 Å². The third kappa shape index (κ3) is 6.73. The van der Waals surface area contributed by atoms with Gasteiger partial charge in [0.15, 0.2) is 5.96 Å². The van der Waals surface area contributed by atoms with E-state index in [2.05, 4.69) is 27.4 Å². The minimum absolute atomic E-state index is 0. The maximum absolute atomic E-state index is 11.8. The molecule has 0 radical (unpaired) electrons. The lowest BCUT2D eigenvalue weighted by molar-refractivity contribution is 0.0507. The lowest BCUT2D eigenvalue weighted by Gasteiger charge is -2.23. The third-order valence-corrected chi connectivity index (χ3v) is 3.94. The van der Waals surface area contributed by atoms with E-state index in [9.17, 15) is 4.79 Å². The predicted octanol–water partition coefficient (Wildman–Crippen LogP) is 2.58. The Hall–Kier alpha value is -0.730. The minimum atomic E-state index is -0.457. The zero-order valence-electron chi connectivity index (χ0n) is 14.9. The zero-order chi connectivity index (χ0) is 16.3. The van der Waals surface area contributed by atoms with E-state index in [1.165, 1.54) is 6.42 Å². The van der Waals surface area contributed by atoms with Gasteiger partial charge in [0.1, 0.15) is 5.60 Å². The van der Waals surface area contributed by atoms with Crippen LogP contribution in [0, 0.1) is 5.92 Å². The van der Waals surface area contributed by atoms with Crippen molar-refractivity contribution in [1.29, 1.82) is 0 Å². The second-order valence-electron chi connectivity index (χ2n) is 7.34. The summed E-state index contributed by atoms with van der Waals surface area (Å²) in [6.07, 6.45) is 1.80. The van der Waals surface area contributed by atoms with Gasteiger partial charge in [0.25, 0.3) is 0 Å². The van der Waals surface area contributed by atoms with Crippen LogP contribution in [-0.4, -0.2) is 54.3 Å². The largest absolute Gasteiger partial charge is 0.444 e. The molecule has 1 saturated carbocycles. The maximum Gasteiger partial charge on any atom is 0.407 e. The van der Waals surface area contributed by atoms with Crippen LogP contribution in [0.25, 0.3) is 0 Å². The molecule has 23 heavy (non-hydrogen) atoms. The Morgan fingerprint density at radius 2 is 2.00 bits per heavy atom. The average Bonchev–Trinajstić information content (AvgIpc) is 2.87. The summed E-state index contributed by atoms with van der Waals surface area (Å²) in [5, 5.41) is 6.48. The van der Waals surface area contributed by atoms with Gasteiger partial charge in [-0.1, -0.05) is 6.92 Å². The molecule has 1 aliphatic carbocycles. The van der Waals surface area contributed by atoms with E-state index in [4.69, 9.17) is 4.74 Å². The number of rotatable bonds is 3. The number of aliphatic imine (C=N–C) groups is 1. The number of ether oxygens (including phenoxy) is 1. The van der Waals surface area contributed by atoms with Crippen LogP contribution in [0.15, 0.2) is 4.99 Å². The lowest BCUT2D eigenvalue weighted by atomic mass is 10.2. The van der Waals surface area contributed by atoms with Gasteiger partial charge in [-0.05, 0) is 46.5 Å². The van der Waals surface area contributed by atoms with Gasteiger partial charge in [0.05, 0.1) is 6.04 Å². The fourth-order valence-electron chi connectivity index (χ4n) is 2.62. The molecule has 134 valence electrons. The molecule has 1 amide bonds. The number of carbonyl (C=O) groups excluding carboxylic acids is 1. The predicted molar refractivity (Wildman–Crippen MR) is 103 cm³/mol. The van der Waals surface area contributed by atoms with Gasteiger partial charge in [-0.25, -0.2) is 4.79 Å². The van der Waals surface area contributed by atoms with E-state index in [-0.39, 0.29) is 36.1 Å². The van der Waals surface area contributed by atoms with Crippen molar-refractivity contribution in [1.82, 2.24) is 15.5 Å². The van der Waals surface area contributed by atoms with Crippen molar-refractivity contribution in [2.45, 2.75) is 65.1 Å². The molecule has 0 spiro atoms. The second kappa shape index (κ2) is 8.39. The van der Waals surface area contributed by atoms with E-state index < -0.39 is 5.60 Å². The smallest absolute Gasteiger partial charge is 0.407 e. The van der Waals surface area contributed by atoms with Gasteiger partial charge in [0, 0.05) is 25.7 Å². The number of alkyl carbamates (subject to hydrolysis) is 1. The van der Waals surface area contributed by atoms with E-state index in [0.29, 0.717) is 6.04 Å². The third-order valence-electron chi connectivity index (χ3n) is 3.94. The molecule has 1 saturated heterocycles. The highest BCUT2D eigenvalue weighted by Crippen LogP contribution is 2.29. The Kier molecular flexibility index (Phi) is 7.41. The van der Waals surface area contributed by atoms with E-state index in [1.54, 1.807) is 0 Å².